The molecule has 0 saturated carbocycles. The van der Waals surface area contributed by atoms with Crippen LogP contribution in [0.4, 0.5) is 0 Å². The topological polar surface area (TPSA) is 69.0 Å². The van der Waals surface area contributed by atoms with E-state index < -0.39 is 6.10 Å². The van der Waals surface area contributed by atoms with Crippen molar-refractivity contribution in [2.24, 2.45) is 5.92 Å². The largest absolute Gasteiger partial charge is 0.497 e. The molecule has 0 fully saturated rings. The number of aryl methyl sites for hydroxylation is 1. The lowest BCUT2D eigenvalue weighted by molar-refractivity contribution is 0.0728. The van der Waals surface area contributed by atoms with Crippen molar-refractivity contribution in [1.29, 1.82) is 0 Å². The van der Waals surface area contributed by atoms with Crippen LogP contribution in [-0.2, 0) is 13.0 Å². The molecule has 0 aliphatic heterocycles. The van der Waals surface area contributed by atoms with Crippen LogP contribution in [0.1, 0.15) is 45.4 Å². The van der Waals surface area contributed by atoms with E-state index in [1.807, 2.05) is 67.1 Å². The standard InChI is InChI=1S/C28H39N3O4/c1-7-17-30(19-25(32)20(3)4)18-23-24(8-2)29-31(21-13-15-22(33-5)16-14-21)28(23)35-27-12-10-9-11-26(27)34-6/h9-16,20,25,32H,7-8,17-19H2,1-6H3. The molecule has 35 heavy (non-hydrogen) atoms. The third-order valence-corrected chi connectivity index (χ3v) is 6.08. The van der Waals surface area contributed by atoms with Gasteiger partial charge < -0.3 is 19.3 Å². The molecule has 0 bridgehead atoms. The maximum atomic E-state index is 10.6. The van der Waals surface area contributed by atoms with Crippen molar-refractivity contribution in [2.45, 2.75) is 53.2 Å². The second-order valence-electron chi connectivity index (χ2n) is 8.99. The number of hydrogen-bond donors (Lipinski definition) is 1. The zero-order chi connectivity index (χ0) is 25.4. The Hall–Kier alpha value is -3.03. The molecule has 0 amide bonds. The van der Waals surface area contributed by atoms with Gasteiger partial charge in [-0.1, -0.05) is 39.8 Å². The van der Waals surface area contributed by atoms with Gasteiger partial charge in [0.1, 0.15) is 5.75 Å². The van der Waals surface area contributed by atoms with Crippen molar-refractivity contribution >= 4 is 0 Å². The van der Waals surface area contributed by atoms with Gasteiger partial charge in [0.2, 0.25) is 5.88 Å². The van der Waals surface area contributed by atoms with E-state index in [4.69, 9.17) is 19.3 Å². The summed E-state index contributed by atoms with van der Waals surface area (Å²) in [6.45, 7) is 10.4. The number of benzene rings is 2. The van der Waals surface area contributed by atoms with Crippen LogP contribution in [0.15, 0.2) is 48.5 Å². The van der Waals surface area contributed by atoms with E-state index >= 15 is 0 Å². The van der Waals surface area contributed by atoms with Crippen molar-refractivity contribution < 1.29 is 19.3 Å². The molecule has 0 aliphatic rings. The summed E-state index contributed by atoms with van der Waals surface area (Å²) in [6, 6.07) is 15.4. The van der Waals surface area contributed by atoms with Crippen molar-refractivity contribution in [1.82, 2.24) is 14.7 Å². The first-order valence-corrected chi connectivity index (χ1v) is 12.4. The molecule has 0 saturated heterocycles. The van der Waals surface area contributed by atoms with Crippen LogP contribution in [0.25, 0.3) is 5.69 Å². The third kappa shape index (κ3) is 6.55. The molecular formula is C28H39N3O4. The van der Waals surface area contributed by atoms with Gasteiger partial charge in [-0.05, 0) is 61.7 Å². The summed E-state index contributed by atoms with van der Waals surface area (Å²) < 4.78 is 19.3. The molecular weight excluding hydrogens is 442 g/mol. The zero-order valence-electron chi connectivity index (χ0n) is 21.8. The number of para-hydroxylation sites is 2. The zero-order valence-corrected chi connectivity index (χ0v) is 21.8. The molecule has 3 rings (SSSR count). The van der Waals surface area contributed by atoms with Crippen LogP contribution in [0, 0.1) is 5.92 Å². The number of aromatic nitrogens is 2. The van der Waals surface area contributed by atoms with Crippen LogP contribution in [-0.4, -0.2) is 53.2 Å². The van der Waals surface area contributed by atoms with Crippen molar-refractivity contribution in [3.63, 3.8) is 0 Å². The average molecular weight is 482 g/mol. The Morgan fingerprint density at radius 3 is 2.23 bits per heavy atom. The second kappa shape index (κ2) is 12.6. The van der Waals surface area contributed by atoms with Gasteiger partial charge in [-0.25, -0.2) is 4.68 Å². The first-order valence-electron chi connectivity index (χ1n) is 12.4. The minimum atomic E-state index is -0.401. The fourth-order valence-electron chi connectivity index (χ4n) is 3.98. The lowest BCUT2D eigenvalue weighted by Crippen LogP contribution is -2.35. The van der Waals surface area contributed by atoms with E-state index in [0.717, 1.165) is 42.1 Å². The van der Waals surface area contributed by atoms with Gasteiger partial charge in [-0.15, -0.1) is 0 Å². The van der Waals surface area contributed by atoms with Crippen LogP contribution in [0.5, 0.6) is 23.1 Å². The van der Waals surface area contributed by atoms with Crippen molar-refractivity contribution in [3.8, 4) is 28.8 Å². The fraction of sp³-hybridized carbons (Fsp3) is 0.464. The van der Waals surface area contributed by atoms with Gasteiger partial charge in [-0.3, -0.25) is 4.90 Å². The van der Waals surface area contributed by atoms with E-state index in [-0.39, 0.29) is 5.92 Å². The predicted molar refractivity (Wildman–Crippen MR) is 139 cm³/mol. The Kier molecular flexibility index (Phi) is 9.57. The molecule has 1 N–H and O–H groups in total. The summed E-state index contributed by atoms with van der Waals surface area (Å²) in [5.74, 6) is 2.89. The first-order chi connectivity index (χ1) is 16.9. The second-order valence-corrected chi connectivity index (χ2v) is 8.99. The maximum absolute atomic E-state index is 10.6. The monoisotopic (exact) mass is 481 g/mol. The summed E-state index contributed by atoms with van der Waals surface area (Å²) in [4.78, 5) is 2.29. The molecule has 2 aromatic carbocycles. The highest BCUT2D eigenvalue weighted by atomic mass is 16.5. The number of aliphatic hydroxyl groups excluding tert-OH is 1. The Bertz CT molecular complexity index is 1060. The number of rotatable bonds is 13. The van der Waals surface area contributed by atoms with E-state index in [9.17, 15) is 5.11 Å². The lowest BCUT2D eigenvalue weighted by atomic mass is 10.1. The van der Waals surface area contributed by atoms with Gasteiger partial charge in [0.05, 0.1) is 37.3 Å². The number of aliphatic hydroxyl groups is 1. The van der Waals surface area contributed by atoms with Gasteiger partial charge in [0, 0.05) is 13.1 Å². The fourth-order valence-corrected chi connectivity index (χ4v) is 3.98. The summed E-state index contributed by atoms with van der Waals surface area (Å²) in [5.41, 5.74) is 2.85. The van der Waals surface area contributed by atoms with E-state index in [1.165, 1.54) is 0 Å². The van der Waals surface area contributed by atoms with Gasteiger partial charge in [0.15, 0.2) is 11.5 Å². The molecule has 3 aromatic rings. The summed E-state index contributed by atoms with van der Waals surface area (Å²) >= 11 is 0. The average Bonchev–Trinajstić information content (AvgIpc) is 3.21. The minimum Gasteiger partial charge on any atom is -0.497 e. The smallest absolute Gasteiger partial charge is 0.227 e. The normalized spacial score (nSPS) is 12.3. The van der Waals surface area contributed by atoms with Crippen LogP contribution >= 0.6 is 0 Å². The predicted octanol–water partition coefficient (Wildman–Crippen LogP) is 5.47. The van der Waals surface area contributed by atoms with Crippen LogP contribution < -0.4 is 14.2 Å². The highest BCUT2D eigenvalue weighted by Gasteiger charge is 2.24. The SMILES string of the molecule is CCCN(Cc1c(CC)nn(-c2ccc(OC)cc2)c1Oc1ccccc1OC)CC(O)C(C)C. The Labute approximate surface area is 209 Å². The molecule has 0 radical (unpaired) electrons. The highest BCUT2D eigenvalue weighted by Crippen LogP contribution is 2.36. The number of hydrogen-bond acceptors (Lipinski definition) is 6. The molecule has 1 atom stereocenters. The summed E-state index contributed by atoms with van der Waals surface area (Å²) in [7, 11) is 3.29. The molecule has 0 aliphatic carbocycles. The summed E-state index contributed by atoms with van der Waals surface area (Å²) in [6.07, 6.45) is 1.34. The Balaban J connectivity index is 2.10. The first kappa shape index (κ1) is 26.6. The lowest BCUT2D eigenvalue weighted by Gasteiger charge is -2.26. The van der Waals surface area contributed by atoms with Gasteiger partial charge >= 0.3 is 0 Å². The Morgan fingerprint density at radius 1 is 0.971 bits per heavy atom. The van der Waals surface area contributed by atoms with Crippen LogP contribution in [0.2, 0.25) is 0 Å². The number of ether oxygens (including phenoxy) is 3. The molecule has 0 spiro atoms. The molecule has 1 aromatic heterocycles. The van der Waals surface area contributed by atoms with Gasteiger partial charge in [0.25, 0.3) is 0 Å². The maximum Gasteiger partial charge on any atom is 0.227 e. The van der Waals surface area contributed by atoms with E-state index in [2.05, 4.69) is 18.7 Å². The van der Waals surface area contributed by atoms with E-state index in [0.29, 0.717) is 30.5 Å². The molecule has 7 nitrogen and oxygen atoms in total. The van der Waals surface area contributed by atoms with Gasteiger partial charge in [-0.2, -0.15) is 5.10 Å². The van der Waals surface area contributed by atoms with Crippen LogP contribution in [0.3, 0.4) is 0 Å². The molecule has 1 unspecified atom stereocenters. The van der Waals surface area contributed by atoms with Crippen molar-refractivity contribution in [3.05, 3.63) is 59.8 Å². The minimum absolute atomic E-state index is 0.186. The molecule has 7 heteroatoms. The Morgan fingerprint density at radius 2 is 1.66 bits per heavy atom. The third-order valence-electron chi connectivity index (χ3n) is 6.08. The van der Waals surface area contributed by atoms with E-state index in [1.54, 1.807) is 14.2 Å². The summed E-state index contributed by atoms with van der Waals surface area (Å²) in [5, 5.41) is 15.6. The number of methoxy groups -OCH3 is 2. The molecule has 190 valence electrons. The molecule has 1 heterocycles. The quantitative estimate of drug-likeness (QED) is 0.349. The highest BCUT2D eigenvalue weighted by molar-refractivity contribution is 5.48. The number of nitrogens with zero attached hydrogens (tertiary/aromatic N) is 3. The van der Waals surface area contributed by atoms with Crippen molar-refractivity contribution in [2.75, 3.05) is 27.3 Å².